The minimum atomic E-state index is -0.604. The summed E-state index contributed by atoms with van der Waals surface area (Å²) in [6, 6.07) is 3.11. The van der Waals surface area contributed by atoms with E-state index in [0.29, 0.717) is 11.4 Å². The number of methoxy groups -OCH3 is 2. The summed E-state index contributed by atoms with van der Waals surface area (Å²) in [5.74, 6) is 0.0104. The molecular formula is C10H12N2O5S. The average Bonchev–Trinajstić information content (AvgIpc) is 2.38. The highest BCUT2D eigenvalue weighted by atomic mass is 32.2. The second-order valence-electron chi connectivity index (χ2n) is 3.15. The van der Waals surface area contributed by atoms with Crippen molar-refractivity contribution in [1.82, 2.24) is 4.98 Å². The Morgan fingerprint density at radius 2 is 2.22 bits per heavy atom. The van der Waals surface area contributed by atoms with Crippen LogP contribution in [-0.4, -0.2) is 35.8 Å². The Morgan fingerprint density at radius 1 is 1.50 bits per heavy atom. The predicted molar refractivity (Wildman–Crippen MR) is 65.6 cm³/mol. The van der Waals surface area contributed by atoms with Crippen LogP contribution in [-0.2, 0) is 15.3 Å². The first-order valence-electron chi connectivity index (χ1n) is 4.91. The molecule has 98 valence electrons. The smallest absolute Gasteiger partial charge is 0.406 e. The van der Waals surface area contributed by atoms with Crippen molar-refractivity contribution in [3.05, 3.63) is 27.9 Å². The van der Waals surface area contributed by atoms with Crippen LogP contribution in [0.15, 0.2) is 12.1 Å². The summed E-state index contributed by atoms with van der Waals surface area (Å²) in [6.45, 7) is 0. The van der Waals surface area contributed by atoms with Crippen molar-refractivity contribution in [3.63, 3.8) is 0 Å². The van der Waals surface area contributed by atoms with Crippen LogP contribution >= 0.6 is 11.8 Å². The molecule has 8 heteroatoms. The zero-order chi connectivity index (χ0) is 13.5. The van der Waals surface area contributed by atoms with Crippen molar-refractivity contribution in [1.29, 1.82) is 0 Å². The fourth-order valence-electron chi connectivity index (χ4n) is 1.14. The van der Waals surface area contributed by atoms with E-state index >= 15 is 0 Å². The van der Waals surface area contributed by atoms with Gasteiger partial charge < -0.3 is 19.6 Å². The second-order valence-corrected chi connectivity index (χ2v) is 4.14. The normalized spacial score (nSPS) is 9.89. The van der Waals surface area contributed by atoms with Crippen molar-refractivity contribution in [2.45, 2.75) is 5.75 Å². The first kappa shape index (κ1) is 14.2. The monoisotopic (exact) mass is 272 g/mol. The van der Waals surface area contributed by atoms with Gasteiger partial charge in [-0.25, -0.2) is 0 Å². The molecule has 1 rings (SSSR count). The number of esters is 1. The molecule has 0 amide bonds. The molecule has 0 saturated heterocycles. The van der Waals surface area contributed by atoms with Gasteiger partial charge in [0, 0.05) is 0 Å². The van der Waals surface area contributed by atoms with E-state index in [1.165, 1.54) is 32.0 Å². The van der Waals surface area contributed by atoms with Crippen LogP contribution in [0.1, 0.15) is 5.69 Å². The van der Waals surface area contributed by atoms with E-state index in [-0.39, 0.29) is 23.3 Å². The molecule has 0 N–H and O–H groups in total. The minimum Gasteiger partial charge on any atom is -0.489 e. The largest absolute Gasteiger partial charge is 0.489 e. The van der Waals surface area contributed by atoms with E-state index in [1.807, 2.05) is 0 Å². The lowest BCUT2D eigenvalue weighted by Gasteiger charge is -2.02. The molecule has 0 bridgehead atoms. The highest BCUT2D eigenvalue weighted by molar-refractivity contribution is 7.99. The Balaban J connectivity index is 2.70. The molecule has 1 heterocycles. The number of rotatable bonds is 6. The first-order valence-corrected chi connectivity index (χ1v) is 6.06. The number of pyridine rings is 1. The van der Waals surface area contributed by atoms with Crippen molar-refractivity contribution >= 4 is 23.5 Å². The fraction of sp³-hybridized carbons (Fsp3) is 0.400. The molecule has 0 radical (unpaired) electrons. The standard InChI is InChI=1S/C10H12N2O5S/c1-16-8-4-3-7(11-10(8)12(14)15)5-18-6-9(13)17-2/h3-4H,5-6H2,1-2H3. The van der Waals surface area contributed by atoms with E-state index in [0.717, 1.165) is 0 Å². The van der Waals surface area contributed by atoms with E-state index in [4.69, 9.17) is 4.74 Å². The van der Waals surface area contributed by atoms with Gasteiger partial charge in [0.25, 0.3) is 0 Å². The average molecular weight is 272 g/mol. The van der Waals surface area contributed by atoms with Gasteiger partial charge in [-0.3, -0.25) is 4.79 Å². The maximum atomic E-state index is 10.9. The van der Waals surface area contributed by atoms with Crippen molar-refractivity contribution in [2.75, 3.05) is 20.0 Å². The number of aromatic nitrogens is 1. The highest BCUT2D eigenvalue weighted by Crippen LogP contribution is 2.25. The molecule has 7 nitrogen and oxygen atoms in total. The molecule has 0 fully saturated rings. The van der Waals surface area contributed by atoms with E-state index in [9.17, 15) is 14.9 Å². The zero-order valence-corrected chi connectivity index (χ0v) is 10.7. The van der Waals surface area contributed by atoms with Crippen LogP contribution < -0.4 is 4.74 Å². The molecule has 0 aliphatic heterocycles. The van der Waals surface area contributed by atoms with Gasteiger partial charge >= 0.3 is 11.8 Å². The molecule has 0 unspecified atom stereocenters. The number of carbonyl (C=O) groups excluding carboxylic acids is 1. The Bertz CT molecular complexity index is 452. The molecular weight excluding hydrogens is 260 g/mol. The number of thioether (sulfide) groups is 1. The first-order chi connectivity index (χ1) is 8.58. The number of ether oxygens (including phenoxy) is 2. The van der Waals surface area contributed by atoms with Gasteiger partial charge in [-0.15, -0.1) is 11.8 Å². The summed E-state index contributed by atoms with van der Waals surface area (Å²) in [5.41, 5.74) is 0.511. The lowest BCUT2D eigenvalue weighted by atomic mass is 10.3. The van der Waals surface area contributed by atoms with Crippen LogP contribution in [0, 0.1) is 10.1 Å². The topological polar surface area (TPSA) is 91.6 Å². The van der Waals surface area contributed by atoms with Crippen LogP contribution in [0.5, 0.6) is 5.75 Å². The van der Waals surface area contributed by atoms with Crippen LogP contribution in [0.4, 0.5) is 5.82 Å². The molecule has 0 aliphatic rings. The third-order valence-corrected chi connectivity index (χ3v) is 2.93. The summed E-state index contributed by atoms with van der Waals surface area (Å²) >= 11 is 1.27. The van der Waals surface area contributed by atoms with Gasteiger partial charge in [-0.05, 0) is 22.0 Å². The van der Waals surface area contributed by atoms with E-state index in [1.54, 1.807) is 6.07 Å². The summed E-state index contributed by atoms with van der Waals surface area (Å²) < 4.78 is 9.31. The second kappa shape index (κ2) is 6.80. The molecule has 1 aromatic heterocycles. The maximum Gasteiger partial charge on any atom is 0.406 e. The van der Waals surface area contributed by atoms with Gasteiger partial charge in [0.15, 0.2) is 5.69 Å². The summed E-state index contributed by atoms with van der Waals surface area (Å²) in [7, 11) is 2.65. The molecule has 0 aromatic carbocycles. The Hall–Kier alpha value is -1.83. The third kappa shape index (κ3) is 3.88. The van der Waals surface area contributed by atoms with E-state index < -0.39 is 4.92 Å². The molecule has 0 aliphatic carbocycles. The molecule has 18 heavy (non-hydrogen) atoms. The lowest BCUT2D eigenvalue weighted by molar-refractivity contribution is -0.390. The number of nitro groups is 1. The third-order valence-electron chi connectivity index (χ3n) is 1.99. The lowest BCUT2D eigenvalue weighted by Crippen LogP contribution is -2.04. The Morgan fingerprint density at radius 3 is 2.78 bits per heavy atom. The summed E-state index contributed by atoms with van der Waals surface area (Å²) in [6.07, 6.45) is 0. The zero-order valence-electron chi connectivity index (χ0n) is 9.91. The van der Waals surface area contributed by atoms with Gasteiger partial charge in [-0.2, -0.15) is 0 Å². The Kier molecular flexibility index (Phi) is 5.37. The van der Waals surface area contributed by atoms with Crippen molar-refractivity contribution in [2.24, 2.45) is 0 Å². The number of carbonyl (C=O) groups is 1. The van der Waals surface area contributed by atoms with Gasteiger partial charge in [-0.1, -0.05) is 0 Å². The van der Waals surface area contributed by atoms with Crippen LogP contribution in [0.3, 0.4) is 0 Å². The quantitative estimate of drug-likeness (QED) is 0.439. The molecule has 0 atom stereocenters. The molecule has 0 spiro atoms. The molecule has 0 saturated carbocycles. The Labute approximate surface area is 108 Å². The van der Waals surface area contributed by atoms with Crippen LogP contribution in [0.25, 0.3) is 0 Å². The highest BCUT2D eigenvalue weighted by Gasteiger charge is 2.18. The van der Waals surface area contributed by atoms with Crippen LogP contribution in [0.2, 0.25) is 0 Å². The van der Waals surface area contributed by atoms with Crippen molar-refractivity contribution in [3.8, 4) is 5.75 Å². The van der Waals surface area contributed by atoms with Gasteiger partial charge in [0.1, 0.15) is 0 Å². The summed E-state index contributed by atoms with van der Waals surface area (Å²) in [4.78, 5) is 24.9. The SMILES string of the molecule is COC(=O)CSCc1ccc(OC)c([N+](=O)[O-])n1. The van der Waals surface area contributed by atoms with Crippen molar-refractivity contribution < 1.29 is 19.2 Å². The maximum absolute atomic E-state index is 10.9. The summed E-state index contributed by atoms with van der Waals surface area (Å²) in [5, 5.41) is 10.7. The predicted octanol–water partition coefficient (Wildman–Crippen LogP) is 1.40. The number of hydrogen-bond acceptors (Lipinski definition) is 7. The van der Waals surface area contributed by atoms with E-state index in [2.05, 4.69) is 9.72 Å². The minimum absolute atomic E-state index is 0.113. The fourth-order valence-corrected chi connectivity index (χ4v) is 1.90. The number of nitrogens with zero attached hydrogens (tertiary/aromatic N) is 2. The van der Waals surface area contributed by atoms with Gasteiger partial charge in [0.05, 0.1) is 25.7 Å². The molecule has 1 aromatic rings. The van der Waals surface area contributed by atoms with Gasteiger partial charge in [0.2, 0.25) is 5.75 Å². The number of hydrogen-bond donors (Lipinski definition) is 0.